The third-order valence-corrected chi connectivity index (χ3v) is 6.54. The minimum atomic E-state index is 0.371. The zero-order chi connectivity index (χ0) is 20.0. The first kappa shape index (κ1) is 18.6. The van der Waals surface area contributed by atoms with Crippen LogP contribution in [0.15, 0.2) is 42.7 Å². The number of nitrogens with zero attached hydrogens (tertiary/aromatic N) is 2. The van der Waals surface area contributed by atoms with Crippen LogP contribution in [0.2, 0.25) is 5.02 Å². The van der Waals surface area contributed by atoms with E-state index in [4.69, 9.17) is 11.6 Å². The fourth-order valence-corrected chi connectivity index (χ4v) is 5.01. The van der Waals surface area contributed by atoms with Crippen molar-refractivity contribution >= 4 is 23.8 Å². The van der Waals surface area contributed by atoms with Crippen molar-refractivity contribution in [2.75, 3.05) is 0 Å². The SMILES string of the molecule is Cc1cnc(CCC2C=c3cc(Cl)ccc3=c3ccc4c(c32)CCC(C)C=4)cn1. The lowest BCUT2D eigenvalue weighted by Gasteiger charge is -2.25. The number of hydrogen-bond donors (Lipinski definition) is 0. The summed E-state index contributed by atoms with van der Waals surface area (Å²) < 4.78 is 0. The minimum Gasteiger partial charge on any atom is -0.258 e. The number of benzene rings is 2. The molecular weight excluding hydrogens is 376 g/mol. The Hall–Kier alpha value is -2.45. The van der Waals surface area contributed by atoms with Crippen LogP contribution in [-0.2, 0) is 12.8 Å². The Morgan fingerprint density at radius 2 is 1.86 bits per heavy atom. The van der Waals surface area contributed by atoms with Gasteiger partial charge in [-0.3, -0.25) is 9.97 Å². The van der Waals surface area contributed by atoms with Gasteiger partial charge in [0, 0.05) is 23.3 Å². The van der Waals surface area contributed by atoms with Gasteiger partial charge in [-0.2, -0.15) is 0 Å². The number of aryl methyl sites for hydroxylation is 2. The van der Waals surface area contributed by atoms with Crippen molar-refractivity contribution in [2.45, 2.75) is 45.4 Å². The lowest BCUT2D eigenvalue weighted by atomic mass is 9.79. The van der Waals surface area contributed by atoms with Crippen molar-refractivity contribution < 1.29 is 0 Å². The quantitative estimate of drug-likeness (QED) is 0.642. The number of halogens is 1. The molecule has 2 atom stereocenters. The van der Waals surface area contributed by atoms with Gasteiger partial charge in [-0.15, -0.1) is 0 Å². The van der Waals surface area contributed by atoms with Gasteiger partial charge in [-0.25, -0.2) is 0 Å². The Labute approximate surface area is 176 Å². The number of rotatable bonds is 3. The van der Waals surface area contributed by atoms with E-state index in [0.717, 1.165) is 35.7 Å². The van der Waals surface area contributed by atoms with Gasteiger partial charge >= 0.3 is 0 Å². The van der Waals surface area contributed by atoms with Crippen molar-refractivity contribution in [3.05, 3.63) is 91.1 Å². The number of hydrogen-bond acceptors (Lipinski definition) is 2. The van der Waals surface area contributed by atoms with Gasteiger partial charge in [0.15, 0.2) is 0 Å². The molecule has 5 rings (SSSR count). The topological polar surface area (TPSA) is 25.8 Å². The molecule has 146 valence electrons. The molecule has 3 aromatic rings. The first-order chi connectivity index (χ1) is 14.1. The van der Waals surface area contributed by atoms with E-state index in [2.05, 4.69) is 53.3 Å². The number of fused-ring (bicyclic) bond motifs is 4. The molecule has 0 fully saturated rings. The van der Waals surface area contributed by atoms with Crippen molar-refractivity contribution in [1.82, 2.24) is 9.97 Å². The molecule has 1 aromatic heterocycles. The van der Waals surface area contributed by atoms with Crippen LogP contribution in [0.25, 0.3) is 12.2 Å². The van der Waals surface area contributed by atoms with Gasteiger partial charge in [0.25, 0.3) is 0 Å². The zero-order valence-electron chi connectivity index (χ0n) is 17.0. The Kier molecular flexibility index (Phi) is 4.75. The molecule has 0 spiro atoms. The molecule has 2 aromatic carbocycles. The van der Waals surface area contributed by atoms with Crippen LogP contribution in [0.5, 0.6) is 0 Å². The highest BCUT2D eigenvalue weighted by atomic mass is 35.5. The Balaban J connectivity index is 1.67. The second-order valence-electron chi connectivity index (χ2n) is 8.47. The molecule has 2 nitrogen and oxygen atoms in total. The Morgan fingerprint density at radius 1 is 1.00 bits per heavy atom. The van der Waals surface area contributed by atoms with E-state index in [1.165, 1.54) is 38.4 Å². The molecule has 2 unspecified atom stereocenters. The van der Waals surface area contributed by atoms with Gasteiger partial charge in [0.05, 0.1) is 11.4 Å². The fourth-order valence-electron chi connectivity index (χ4n) is 4.83. The Bertz CT molecular complexity index is 1290. The lowest BCUT2D eigenvalue weighted by molar-refractivity contribution is 0.645. The van der Waals surface area contributed by atoms with Crippen molar-refractivity contribution in [2.24, 2.45) is 5.92 Å². The molecule has 1 heterocycles. The fraction of sp³-hybridized carbons (Fsp3) is 0.308. The molecule has 0 N–H and O–H groups in total. The average molecular weight is 401 g/mol. The van der Waals surface area contributed by atoms with Crippen LogP contribution >= 0.6 is 11.6 Å². The van der Waals surface area contributed by atoms with Crippen molar-refractivity contribution in [3.8, 4) is 0 Å². The van der Waals surface area contributed by atoms with E-state index in [-0.39, 0.29) is 0 Å². The summed E-state index contributed by atoms with van der Waals surface area (Å²) in [6, 6.07) is 10.9. The maximum Gasteiger partial charge on any atom is 0.0587 e. The van der Waals surface area contributed by atoms with Crippen LogP contribution < -0.4 is 10.4 Å². The van der Waals surface area contributed by atoms with Crippen LogP contribution in [-0.4, -0.2) is 9.97 Å². The van der Waals surface area contributed by atoms with Gasteiger partial charge in [0.2, 0.25) is 0 Å². The van der Waals surface area contributed by atoms with Gasteiger partial charge in [0.1, 0.15) is 0 Å². The van der Waals surface area contributed by atoms with E-state index in [1.807, 2.05) is 25.4 Å². The molecule has 0 aliphatic heterocycles. The first-order valence-electron chi connectivity index (χ1n) is 10.5. The normalized spacial score (nSPS) is 19.4. The van der Waals surface area contributed by atoms with Crippen molar-refractivity contribution in [1.29, 1.82) is 0 Å². The maximum absolute atomic E-state index is 6.33. The predicted octanol–water partition coefficient (Wildman–Crippen LogP) is 4.60. The summed E-state index contributed by atoms with van der Waals surface area (Å²) in [6.45, 7) is 4.30. The molecule has 0 bridgehead atoms. The van der Waals surface area contributed by atoms with Crippen LogP contribution in [0.1, 0.15) is 48.2 Å². The number of aromatic nitrogens is 2. The summed E-state index contributed by atoms with van der Waals surface area (Å²) in [6.07, 6.45) is 13.0. The summed E-state index contributed by atoms with van der Waals surface area (Å²) in [5.74, 6) is 1.02. The summed E-state index contributed by atoms with van der Waals surface area (Å²) >= 11 is 6.33. The van der Waals surface area contributed by atoms with E-state index in [0.29, 0.717) is 11.8 Å². The largest absolute Gasteiger partial charge is 0.258 e. The summed E-state index contributed by atoms with van der Waals surface area (Å²) in [5, 5.41) is 6.15. The first-order valence-corrected chi connectivity index (χ1v) is 10.9. The summed E-state index contributed by atoms with van der Waals surface area (Å²) in [5.41, 5.74) is 5.08. The van der Waals surface area contributed by atoms with E-state index in [1.54, 1.807) is 0 Å². The van der Waals surface area contributed by atoms with E-state index in [9.17, 15) is 0 Å². The van der Waals surface area contributed by atoms with Gasteiger partial charge in [-0.05, 0) is 82.7 Å². The van der Waals surface area contributed by atoms with Gasteiger partial charge in [-0.1, -0.05) is 48.9 Å². The second-order valence-corrected chi connectivity index (χ2v) is 8.91. The molecule has 29 heavy (non-hydrogen) atoms. The molecular formula is C26H25ClN2. The third-order valence-electron chi connectivity index (χ3n) is 6.31. The summed E-state index contributed by atoms with van der Waals surface area (Å²) in [7, 11) is 0. The molecule has 0 saturated carbocycles. The Morgan fingerprint density at radius 3 is 2.69 bits per heavy atom. The van der Waals surface area contributed by atoms with Crippen LogP contribution in [0.3, 0.4) is 0 Å². The van der Waals surface area contributed by atoms with Crippen LogP contribution in [0.4, 0.5) is 0 Å². The van der Waals surface area contributed by atoms with Gasteiger partial charge < -0.3 is 0 Å². The molecule has 2 aliphatic carbocycles. The average Bonchev–Trinajstić information content (AvgIpc) is 2.72. The smallest absolute Gasteiger partial charge is 0.0587 e. The highest BCUT2D eigenvalue weighted by molar-refractivity contribution is 6.30. The zero-order valence-corrected chi connectivity index (χ0v) is 17.7. The third kappa shape index (κ3) is 3.51. The summed E-state index contributed by atoms with van der Waals surface area (Å²) in [4.78, 5) is 8.99. The maximum atomic E-state index is 6.33. The minimum absolute atomic E-state index is 0.371. The standard InChI is InChI=1S/C26H25ClN2/c1-16-3-8-24-18(11-16)5-9-25-23-10-6-21(27)13-20(23)12-19(26(24)25)4-7-22-15-28-17(2)14-29-22/h5-6,9-16,19H,3-4,7-8H2,1-2H3. The molecule has 2 aliphatic rings. The highest BCUT2D eigenvalue weighted by Gasteiger charge is 2.21. The molecule has 0 saturated heterocycles. The van der Waals surface area contributed by atoms with Crippen molar-refractivity contribution in [3.63, 3.8) is 0 Å². The lowest BCUT2D eigenvalue weighted by Crippen LogP contribution is -2.24. The molecule has 0 amide bonds. The van der Waals surface area contributed by atoms with Crippen LogP contribution in [0, 0.1) is 23.3 Å². The predicted molar refractivity (Wildman–Crippen MR) is 119 cm³/mol. The van der Waals surface area contributed by atoms with E-state index >= 15 is 0 Å². The monoisotopic (exact) mass is 400 g/mol. The second kappa shape index (κ2) is 7.42. The van der Waals surface area contributed by atoms with E-state index < -0.39 is 0 Å². The molecule has 0 radical (unpaired) electrons. The molecule has 3 heteroatoms. The highest BCUT2D eigenvalue weighted by Crippen LogP contribution is 2.31.